The number of quaternary nitrogens is 1. The molecule has 1 N–H and O–H groups in total. The summed E-state index contributed by atoms with van der Waals surface area (Å²) in [4.78, 5) is 13.7. The van der Waals surface area contributed by atoms with E-state index in [2.05, 4.69) is 19.9 Å². The smallest absolute Gasteiger partial charge is 0.344 e. The van der Waals surface area contributed by atoms with Crippen molar-refractivity contribution in [2.24, 2.45) is 0 Å². The number of nitrogens with one attached hydrogen (secondary N) is 1. The average Bonchev–Trinajstić information content (AvgIpc) is 2.62. The van der Waals surface area contributed by atoms with Crippen LogP contribution in [0.5, 0.6) is 5.75 Å². The Morgan fingerprint density at radius 3 is 2.71 bits per heavy atom. The Morgan fingerprint density at radius 1 is 1.21 bits per heavy atom. The molecule has 2 heterocycles. The lowest BCUT2D eigenvalue weighted by atomic mass is 9.99. The molecule has 3 aromatic rings. The van der Waals surface area contributed by atoms with Crippen molar-refractivity contribution in [3.8, 4) is 5.75 Å². The predicted molar refractivity (Wildman–Crippen MR) is 94.6 cm³/mol. The first kappa shape index (κ1) is 15.2. The summed E-state index contributed by atoms with van der Waals surface area (Å²) in [5.41, 5.74) is 2.47. The summed E-state index contributed by atoms with van der Waals surface area (Å²) in [7, 11) is 0. The highest BCUT2D eigenvalue weighted by atomic mass is 16.5. The molecule has 1 aliphatic rings. The van der Waals surface area contributed by atoms with E-state index in [1.54, 1.807) is 0 Å². The van der Waals surface area contributed by atoms with Crippen molar-refractivity contribution in [1.29, 1.82) is 0 Å². The minimum atomic E-state index is -0.288. The number of fused-ring (bicyclic) bond motifs is 4. The lowest BCUT2D eigenvalue weighted by Crippen LogP contribution is -3.15. The molecule has 124 valence electrons. The first-order chi connectivity index (χ1) is 11.6. The first-order valence-corrected chi connectivity index (χ1v) is 8.55. The van der Waals surface area contributed by atoms with Crippen LogP contribution in [-0.4, -0.2) is 12.8 Å². The van der Waals surface area contributed by atoms with Crippen molar-refractivity contribution >= 4 is 21.7 Å². The number of hydrogen-bond acceptors (Lipinski definition) is 3. The van der Waals surface area contributed by atoms with Gasteiger partial charge in [0.2, 0.25) is 6.73 Å². The maximum atomic E-state index is 12.3. The van der Waals surface area contributed by atoms with Crippen molar-refractivity contribution < 1.29 is 14.1 Å². The van der Waals surface area contributed by atoms with Crippen LogP contribution in [0, 0.1) is 6.92 Å². The Balaban J connectivity index is 1.98. The minimum absolute atomic E-state index is 0.288. The largest absolute Gasteiger partial charge is 0.444 e. The van der Waals surface area contributed by atoms with Gasteiger partial charge in [-0.2, -0.15) is 0 Å². The van der Waals surface area contributed by atoms with Crippen LogP contribution in [0.2, 0.25) is 0 Å². The van der Waals surface area contributed by atoms with Crippen LogP contribution < -0.4 is 15.3 Å². The summed E-state index contributed by atoms with van der Waals surface area (Å²) in [6, 6.07) is 10.3. The van der Waals surface area contributed by atoms with Crippen LogP contribution >= 0.6 is 0 Å². The second-order valence-corrected chi connectivity index (χ2v) is 6.73. The van der Waals surface area contributed by atoms with E-state index in [1.807, 2.05) is 31.2 Å². The summed E-state index contributed by atoms with van der Waals surface area (Å²) in [5, 5.41) is 2.58. The SMILES string of the molecule is CC[C@@H](C)[NH+]1COc2c(cc3c(oc(=O)c4ccccc43)c2C)C1. The highest BCUT2D eigenvalue weighted by Crippen LogP contribution is 2.34. The second-order valence-electron chi connectivity index (χ2n) is 6.73. The molecule has 1 aromatic heterocycles. The summed E-state index contributed by atoms with van der Waals surface area (Å²) < 4.78 is 11.7. The molecule has 24 heavy (non-hydrogen) atoms. The highest BCUT2D eigenvalue weighted by Gasteiger charge is 2.27. The van der Waals surface area contributed by atoms with Gasteiger partial charge in [-0.25, -0.2) is 4.79 Å². The number of aryl methyl sites for hydroxylation is 1. The zero-order valence-electron chi connectivity index (χ0n) is 14.3. The van der Waals surface area contributed by atoms with Crippen molar-refractivity contribution in [3.05, 3.63) is 51.9 Å². The number of rotatable bonds is 2. The topological polar surface area (TPSA) is 43.9 Å². The molecule has 1 aliphatic heterocycles. The fourth-order valence-corrected chi connectivity index (χ4v) is 3.62. The summed E-state index contributed by atoms with van der Waals surface area (Å²) in [6.45, 7) is 8.04. The van der Waals surface area contributed by atoms with Gasteiger partial charge in [0.1, 0.15) is 17.9 Å². The fraction of sp³-hybridized carbons (Fsp3) is 0.350. The molecule has 0 saturated heterocycles. The third kappa shape index (κ3) is 2.21. The van der Waals surface area contributed by atoms with Gasteiger partial charge in [-0.15, -0.1) is 0 Å². The van der Waals surface area contributed by atoms with E-state index in [0.29, 0.717) is 23.7 Å². The Labute approximate surface area is 140 Å². The van der Waals surface area contributed by atoms with E-state index >= 15 is 0 Å². The van der Waals surface area contributed by atoms with Crippen molar-refractivity contribution in [3.63, 3.8) is 0 Å². The molecular formula is C20H22NO3+. The molecular weight excluding hydrogens is 302 g/mol. The highest BCUT2D eigenvalue weighted by molar-refractivity contribution is 6.06. The first-order valence-electron chi connectivity index (χ1n) is 8.55. The van der Waals surface area contributed by atoms with Gasteiger partial charge in [-0.05, 0) is 37.8 Å². The lowest BCUT2D eigenvalue weighted by molar-refractivity contribution is -0.954. The molecule has 4 nitrogen and oxygen atoms in total. The lowest BCUT2D eigenvalue weighted by Gasteiger charge is -2.31. The standard InChI is InChI=1S/C20H21NO3/c1-4-12(2)21-10-14-9-17-15-7-5-6-8-16(15)20(22)24-19(17)13(3)18(14)23-11-21/h5-9,12H,4,10-11H2,1-3H3/p+1/t12-/m1/s1. The van der Waals surface area contributed by atoms with Crippen LogP contribution in [0.3, 0.4) is 0 Å². The van der Waals surface area contributed by atoms with Gasteiger partial charge in [-0.3, -0.25) is 4.90 Å². The van der Waals surface area contributed by atoms with Crippen molar-refractivity contribution in [2.45, 2.75) is 39.8 Å². The monoisotopic (exact) mass is 324 g/mol. The molecule has 0 bridgehead atoms. The van der Waals surface area contributed by atoms with Crippen LogP contribution in [0.25, 0.3) is 21.7 Å². The maximum Gasteiger partial charge on any atom is 0.344 e. The summed E-state index contributed by atoms with van der Waals surface area (Å²) in [5.74, 6) is 0.882. The maximum absolute atomic E-state index is 12.3. The van der Waals surface area contributed by atoms with E-state index < -0.39 is 0 Å². The Morgan fingerprint density at radius 2 is 1.96 bits per heavy atom. The molecule has 4 rings (SSSR count). The normalized spacial score (nSPS) is 18.4. The molecule has 0 radical (unpaired) electrons. The van der Waals surface area contributed by atoms with Gasteiger partial charge in [0.15, 0.2) is 0 Å². The zero-order chi connectivity index (χ0) is 16.8. The Kier molecular flexibility index (Phi) is 3.57. The molecule has 0 fully saturated rings. The predicted octanol–water partition coefficient (Wildman–Crippen LogP) is 2.79. The zero-order valence-corrected chi connectivity index (χ0v) is 14.3. The molecule has 0 spiro atoms. The van der Waals surface area contributed by atoms with Crippen LogP contribution in [0.15, 0.2) is 39.5 Å². The molecule has 0 amide bonds. The van der Waals surface area contributed by atoms with Gasteiger partial charge in [0.05, 0.1) is 11.4 Å². The van der Waals surface area contributed by atoms with Crippen molar-refractivity contribution in [1.82, 2.24) is 0 Å². The van der Waals surface area contributed by atoms with Gasteiger partial charge >= 0.3 is 5.63 Å². The fourth-order valence-electron chi connectivity index (χ4n) is 3.62. The Hall–Kier alpha value is -2.33. The molecule has 1 unspecified atom stereocenters. The molecule has 4 heteroatoms. The third-order valence-electron chi connectivity index (χ3n) is 5.30. The number of ether oxygens (including phenoxy) is 1. The van der Waals surface area contributed by atoms with Gasteiger partial charge in [0.25, 0.3) is 0 Å². The average molecular weight is 324 g/mol. The van der Waals surface area contributed by atoms with Crippen LogP contribution in [0.4, 0.5) is 0 Å². The van der Waals surface area contributed by atoms with Gasteiger partial charge in [0, 0.05) is 16.5 Å². The second kappa shape index (κ2) is 5.64. The number of benzene rings is 2. The van der Waals surface area contributed by atoms with E-state index in [9.17, 15) is 4.79 Å². The van der Waals surface area contributed by atoms with Gasteiger partial charge in [-0.1, -0.05) is 25.1 Å². The van der Waals surface area contributed by atoms with E-state index in [4.69, 9.17) is 9.15 Å². The van der Waals surface area contributed by atoms with E-state index in [-0.39, 0.29) is 5.63 Å². The molecule has 0 saturated carbocycles. The molecule has 2 atom stereocenters. The van der Waals surface area contributed by atoms with Gasteiger partial charge < -0.3 is 9.15 Å². The summed E-state index contributed by atoms with van der Waals surface area (Å²) in [6.07, 6.45) is 1.12. The Bertz CT molecular complexity index is 989. The van der Waals surface area contributed by atoms with Crippen LogP contribution in [-0.2, 0) is 6.54 Å². The van der Waals surface area contributed by atoms with Crippen LogP contribution in [0.1, 0.15) is 31.4 Å². The minimum Gasteiger partial charge on any atom is -0.444 e. The molecule has 0 aliphatic carbocycles. The van der Waals surface area contributed by atoms with Crippen molar-refractivity contribution in [2.75, 3.05) is 6.73 Å². The van der Waals surface area contributed by atoms with E-state index in [1.165, 1.54) is 10.5 Å². The third-order valence-corrected chi connectivity index (χ3v) is 5.30. The quantitative estimate of drug-likeness (QED) is 0.582. The number of hydrogen-bond donors (Lipinski definition) is 1. The molecule has 2 aromatic carbocycles. The van der Waals surface area contributed by atoms with E-state index in [0.717, 1.165) is 35.1 Å². The summed E-state index contributed by atoms with van der Waals surface area (Å²) >= 11 is 0.